The van der Waals surface area contributed by atoms with Crippen molar-refractivity contribution in [2.45, 2.75) is 26.2 Å². The molecule has 0 spiro atoms. The zero-order chi connectivity index (χ0) is 14.4. The maximum atomic E-state index is 12.8. The third kappa shape index (κ3) is 3.58. The molecular formula is C16H24N2O2. The number of benzene rings is 1. The van der Waals surface area contributed by atoms with Crippen LogP contribution < -0.4 is 10.6 Å². The second kappa shape index (κ2) is 7.41. The highest BCUT2D eigenvalue weighted by Gasteiger charge is 2.27. The van der Waals surface area contributed by atoms with Gasteiger partial charge in [-0.3, -0.25) is 4.79 Å². The Morgan fingerprint density at radius 1 is 1.45 bits per heavy atom. The van der Waals surface area contributed by atoms with Crippen LogP contribution >= 0.6 is 0 Å². The van der Waals surface area contributed by atoms with E-state index in [0.29, 0.717) is 19.7 Å². The van der Waals surface area contributed by atoms with Gasteiger partial charge in [-0.15, -0.1) is 0 Å². The molecular weight excluding hydrogens is 252 g/mol. The van der Waals surface area contributed by atoms with Crippen LogP contribution in [0.25, 0.3) is 0 Å². The molecule has 1 aliphatic heterocycles. The van der Waals surface area contributed by atoms with Crippen molar-refractivity contribution in [2.75, 3.05) is 31.2 Å². The summed E-state index contributed by atoms with van der Waals surface area (Å²) in [5.74, 6) is 0.161. The molecule has 1 saturated heterocycles. The molecule has 2 N–H and O–H groups in total. The van der Waals surface area contributed by atoms with Crippen molar-refractivity contribution < 1.29 is 9.53 Å². The van der Waals surface area contributed by atoms with Crippen LogP contribution in [0.2, 0.25) is 0 Å². The number of carbonyl (C=O) groups is 1. The quantitative estimate of drug-likeness (QED) is 0.896. The van der Waals surface area contributed by atoms with Gasteiger partial charge in [-0.05, 0) is 44.4 Å². The summed E-state index contributed by atoms with van der Waals surface area (Å²) in [6.45, 7) is 4.63. The van der Waals surface area contributed by atoms with Gasteiger partial charge in [0.25, 0.3) is 0 Å². The Morgan fingerprint density at radius 2 is 2.25 bits per heavy atom. The number of hydrogen-bond acceptors (Lipinski definition) is 3. The summed E-state index contributed by atoms with van der Waals surface area (Å²) >= 11 is 0. The molecule has 2 rings (SSSR count). The molecule has 1 aromatic carbocycles. The number of nitrogens with zero attached hydrogens (tertiary/aromatic N) is 1. The van der Waals surface area contributed by atoms with Gasteiger partial charge in [0.2, 0.25) is 5.91 Å². The fraction of sp³-hybridized carbons (Fsp3) is 0.562. The molecule has 0 aliphatic carbocycles. The number of nitrogens with two attached hydrogens (primary N) is 1. The summed E-state index contributed by atoms with van der Waals surface area (Å²) in [6.07, 6.45) is 2.70. The van der Waals surface area contributed by atoms with Gasteiger partial charge in [0.15, 0.2) is 0 Å². The third-order valence-corrected chi connectivity index (χ3v) is 3.77. The molecule has 1 fully saturated rings. The van der Waals surface area contributed by atoms with Crippen LogP contribution in [0.15, 0.2) is 24.3 Å². The van der Waals surface area contributed by atoms with Crippen molar-refractivity contribution in [3.8, 4) is 0 Å². The van der Waals surface area contributed by atoms with Crippen molar-refractivity contribution in [1.82, 2.24) is 0 Å². The predicted octanol–water partition coefficient (Wildman–Crippen LogP) is 2.10. The van der Waals surface area contributed by atoms with Gasteiger partial charge < -0.3 is 15.4 Å². The van der Waals surface area contributed by atoms with E-state index in [-0.39, 0.29) is 11.8 Å². The van der Waals surface area contributed by atoms with Crippen molar-refractivity contribution in [1.29, 1.82) is 0 Å². The first-order valence-corrected chi connectivity index (χ1v) is 7.39. The number of para-hydroxylation sites is 1. The highest BCUT2D eigenvalue weighted by atomic mass is 16.5. The molecule has 20 heavy (non-hydrogen) atoms. The summed E-state index contributed by atoms with van der Waals surface area (Å²) < 4.78 is 5.45. The van der Waals surface area contributed by atoms with Crippen LogP contribution in [0, 0.1) is 12.8 Å². The lowest BCUT2D eigenvalue weighted by Crippen LogP contribution is -2.41. The van der Waals surface area contributed by atoms with Gasteiger partial charge in [0, 0.05) is 18.8 Å². The molecule has 110 valence electrons. The maximum absolute atomic E-state index is 12.8. The molecule has 1 heterocycles. The standard InChI is InChI=1S/C16H24N2O2/c1-13-6-2-3-8-15(13)18(10-5-9-17)16(19)14-7-4-11-20-12-14/h2-3,6,8,14H,4-5,7,9-12,17H2,1H3. The Morgan fingerprint density at radius 3 is 2.90 bits per heavy atom. The van der Waals surface area contributed by atoms with E-state index < -0.39 is 0 Å². The van der Waals surface area contributed by atoms with E-state index in [4.69, 9.17) is 10.5 Å². The molecule has 1 atom stereocenters. The second-order valence-electron chi connectivity index (χ2n) is 5.33. The number of carbonyl (C=O) groups excluding carboxylic acids is 1. The topological polar surface area (TPSA) is 55.6 Å². The van der Waals surface area contributed by atoms with Crippen molar-refractivity contribution in [2.24, 2.45) is 11.7 Å². The molecule has 4 nitrogen and oxygen atoms in total. The summed E-state index contributed by atoms with van der Waals surface area (Å²) in [6, 6.07) is 8.01. The van der Waals surface area contributed by atoms with Gasteiger partial charge in [0.05, 0.1) is 12.5 Å². The lowest BCUT2D eigenvalue weighted by molar-refractivity contribution is -0.126. The van der Waals surface area contributed by atoms with Gasteiger partial charge in [0.1, 0.15) is 0 Å². The van der Waals surface area contributed by atoms with E-state index in [0.717, 1.165) is 37.1 Å². The van der Waals surface area contributed by atoms with Crippen molar-refractivity contribution in [3.05, 3.63) is 29.8 Å². The van der Waals surface area contributed by atoms with Crippen molar-refractivity contribution in [3.63, 3.8) is 0 Å². The van der Waals surface area contributed by atoms with Crippen LogP contribution in [0.3, 0.4) is 0 Å². The van der Waals surface area contributed by atoms with E-state index in [1.807, 2.05) is 36.1 Å². The SMILES string of the molecule is Cc1ccccc1N(CCCN)C(=O)C1CCCOC1. The third-order valence-electron chi connectivity index (χ3n) is 3.77. The highest BCUT2D eigenvalue weighted by Crippen LogP contribution is 2.24. The highest BCUT2D eigenvalue weighted by molar-refractivity contribution is 5.95. The monoisotopic (exact) mass is 276 g/mol. The summed E-state index contributed by atoms with van der Waals surface area (Å²) in [4.78, 5) is 14.7. The Balaban J connectivity index is 2.18. The van der Waals surface area contributed by atoms with E-state index in [9.17, 15) is 4.79 Å². The van der Waals surface area contributed by atoms with Crippen LogP contribution in [0.1, 0.15) is 24.8 Å². The minimum Gasteiger partial charge on any atom is -0.381 e. The molecule has 1 amide bonds. The predicted molar refractivity (Wildman–Crippen MR) is 80.7 cm³/mol. The molecule has 1 aromatic rings. The number of anilines is 1. The smallest absolute Gasteiger partial charge is 0.232 e. The first-order valence-electron chi connectivity index (χ1n) is 7.39. The van der Waals surface area contributed by atoms with Gasteiger partial charge in [-0.25, -0.2) is 0 Å². The van der Waals surface area contributed by atoms with Crippen molar-refractivity contribution >= 4 is 11.6 Å². The van der Waals surface area contributed by atoms with E-state index in [2.05, 4.69) is 0 Å². The van der Waals surface area contributed by atoms with Gasteiger partial charge in [-0.2, -0.15) is 0 Å². The lowest BCUT2D eigenvalue weighted by Gasteiger charge is -2.30. The van der Waals surface area contributed by atoms with E-state index in [1.165, 1.54) is 0 Å². The van der Waals surface area contributed by atoms with Crippen LogP contribution in [0.5, 0.6) is 0 Å². The van der Waals surface area contributed by atoms with Crippen LogP contribution in [0.4, 0.5) is 5.69 Å². The maximum Gasteiger partial charge on any atom is 0.232 e. The van der Waals surface area contributed by atoms with Crippen LogP contribution in [-0.2, 0) is 9.53 Å². The zero-order valence-electron chi connectivity index (χ0n) is 12.2. The number of ether oxygens (including phenoxy) is 1. The number of hydrogen-bond donors (Lipinski definition) is 1. The normalized spacial score (nSPS) is 18.8. The average molecular weight is 276 g/mol. The Bertz CT molecular complexity index is 442. The molecule has 4 heteroatoms. The fourth-order valence-electron chi connectivity index (χ4n) is 2.62. The van der Waals surface area contributed by atoms with Crippen LogP contribution in [-0.4, -0.2) is 32.2 Å². The Labute approximate surface area is 120 Å². The molecule has 1 aliphatic rings. The Hall–Kier alpha value is -1.39. The number of amides is 1. The van der Waals surface area contributed by atoms with Gasteiger partial charge in [-0.1, -0.05) is 18.2 Å². The summed E-state index contributed by atoms with van der Waals surface area (Å²) in [5.41, 5.74) is 7.73. The first kappa shape index (κ1) is 15.0. The summed E-state index contributed by atoms with van der Waals surface area (Å²) in [5, 5.41) is 0. The molecule has 1 unspecified atom stereocenters. The number of rotatable bonds is 5. The minimum absolute atomic E-state index is 0.0128. The minimum atomic E-state index is -0.0128. The average Bonchev–Trinajstić information content (AvgIpc) is 2.50. The Kier molecular flexibility index (Phi) is 5.56. The fourth-order valence-corrected chi connectivity index (χ4v) is 2.62. The van der Waals surface area contributed by atoms with E-state index in [1.54, 1.807) is 0 Å². The molecule has 0 bridgehead atoms. The van der Waals surface area contributed by atoms with Gasteiger partial charge >= 0.3 is 0 Å². The second-order valence-corrected chi connectivity index (χ2v) is 5.33. The number of aryl methyl sites for hydroxylation is 1. The first-order chi connectivity index (χ1) is 9.74. The molecule has 0 saturated carbocycles. The molecule has 0 aromatic heterocycles. The van der Waals surface area contributed by atoms with E-state index >= 15 is 0 Å². The lowest BCUT2D eigenvalue weighted by atomic mass is 9.99. The largest absolute Gasteiger partial charge is 0.381 e. The molecule has 0 radical (unpaired) electrons. The summed E-state index contributed by atoms with van der Waals surface area (Å²) in [7, 11) is 0. The zero-order valence-corrected chi connectivity index (χ0v) is 12.2.